The first-order valence-electron chi connectivity index (χ1n) is 7.70. The molecule has 2 aromatic rings. The highest BCUT2D eigenvalue weighted by molar-refractivity contribution is 7.91. The fourth-order valence-electron chi connectivity index (χ4n) is 2.31. The first-order valence-corrected chi connectivity index (χ1v) is 9.35. The SMILES string of the molecule is C=CCN(C(=O)CCS(=O)(=O)c1ccc(C)cc1)c1ccccc1. The average Bonchev–Trinajstić information content (AvgIpc) is 2.59. The number of carbonyl (C=O) groups is 1. The summed E-state index contributed by atoms with van der Waals surface area (Å²) in [7, 11) is -3.48. The van der Waals surface area contributed by atoms with Gasteiger partial charge in [0.1, 0.15) is 0 Å². The van der Waals surface area contributed by atoms with Crippen molar-refractivity contribution < 1.29 is 13.2 Å². The first kappa shape index (κ1) is 17.9. The van der Waals surface area contributed by atoms with Crippen molar-refractivity contribution in [2.24, 2.45) is 0 Å². The van der Waals surface area contributed by atoms with E-state index in [0.717, 1.165) is 11.3 Å². The van der Waals surface area contributed by atoms with Gasteiger partial charge in [-0.25, -0.2) is 8.42 Å². The number of para-hydroxylation sites is 1. The molecule has 0 unspecified atom stereocenters. The summed E-state index contributed by atoms with van der Waals surface area (Å²) in [5.41, 5.74) is 1.72. The molecule has 5 heteroatoms. The van der Waals surface area contributed by atoms with Gasteiger partial charge >= 0.3 is 0 Å². The number of amides is 1. The van der Waals surface area contributed by atoms with Gasteiger partial charge in [0.25, 0.3) is 0 Å². The molecule has 0 saturated carbocycles. The van der Waals surface area contributed by atoms with Crippen LogP contribution in [-0.4, -0.2) is 26.6 Å². The predicted octanol–water partition coefficient (Wildman–Crippen LogP) is 3.38. The summed E-state index contributed by atoms with van der Waals surface area (Å²) < 4.78 is 24.7. The number of anilines is 1. The van der Waals surface area contributed by atoms with Crippen LogP contribution in [0.3, 0.4) is 0 Å². The fourth-order valence-corrected chi connectivity index (χ4v) is 3.54. The largest absolute Gasteiger partial charge is 0.309 e. The molecule has 0 aliphatic carbocycles. The van der Waals surface area contributed by atoms with Gasteiger partial charge in [-0.3, -0.25) is 4.79 Å². The van der Waals surface area contributed by atoms with Gasteiger partial charge < -0.3 is 4.90 Å². The van der Waals surface area contributed by atoms with E-state index in [2.05, 4.69) is 6.58 Å². The first-order chi connectivity index (χ1) is 11.4. The van der Waals surface area contributed by atoms with Crippen LogP contribution in [0.4, 0.5) is 5.69 Å². The van der Waals surface area contributed by atoms with Crippen LogP contribution in [0, 0.1) is 6.92 Å². The van der Waals surface area contributed by atoms with Gasteiger partial charge in [-0.05, 0) is 31.2 Å². The van der Waals surface area contributed by atoms with Crippen molar-refractivity contribution in [2.45, 2.75) is 18.2 Å². The smallest absolute Gasteiger partial charge is 0.228 e. The van der Waals surface area contributed by atoms with E-state index < -0.39 is 9.84 Å². The Kier molecular flexibility index (Phi) is 5.93. The summed E-state index contributed by atoms with van der Waals surface area (Å²) in [6.07, 6.45) is 1.55. The third-order valence-corrected chi connectivity index (χ3v) is 5.38. The lowest BCUT2D eigenvalue weighted by Crippen LogP contribution is -2.32. The second-order valence-corrected chi connectivity index (χ2v) is 7.62. The van der Waals surface area contributed by atoms with E-state index in [0.29, 0.717) is 6.54 Å². The molecule has 0 radical (unpaired) electrons. The average molecular weight is 343 g/mol. The van der Waals surface area contributed by atoms with Gasteiger partial charge in [-0.2, -0.15) is 0 Å². The fraction of sp³-hybridized carbons (Fsp3) is 0.211. The molecule has 0 aromatic heterocycles. The molecule has 0 aliphatic rings. The maximum Gasteiger partial charge on any atom is 0.228 e. The van der Waals surface area contributed by atoms with E-state index in [9.17, 15) is 13.2 Å². The Hall–Kier alpha value is -2.40. The predicted molar refractivity (Wildman–Crippen MR) is 96.8 cm³/mol. The Bertz CT molecular complexity index is 796. The highest BCUT2D eigenvalue weighted by atomic mass is 32.2. The highest BCUT2D eigenvalue weighted by Crippen LogP contribution is 2.17. The molecule has 0 N–H and O–H groups in total. The minimum Gasteiger partial charge on any atom is -0.309 e. The molecule has 2 rings (SSSR count). The van der Waals surface area contributed by atoms with Crippen LogP contribution in [-0.2, 0) is 14.6 Å². The zero-order valence-electron chi connectivity index (χ0n) is 13.7. The Morgan fingerprint density at radius 1 is 1.08 bits per heavy atom. The van der Waals surface area contributed by atoms with Crippen molar-refractivity contribution in [1.82, 2.24) is 0 Å². The number of nitrogens with zero attached hydrogens (tertiary/aromatic N) is 1. The lowest BCUT2D eigenvalue weighted by molar-refractivity contribution is -0.118. The minimum absolute atomic E-state index is 0.0705. The standard InChI is InChI=1S/C19H21NO3S/c1-3-14-20(17-7-5-4-6-8-17)19(21)13-15-24(22,23)18-11-9-16(2)10-12-18/h3-12H,1,13-15H2,2H3. The molecule has 0 atom stereocenters. The highest BCUT2D eigenvalue weighted by Gasteiger charge is 2.20. The normalized spacial score (nSPS) is 11.0. The number of sulfone groups is 1. The van der Waals surface area contributed by atoms with Crippen molar-refractivity contribution in [3.8, 4) is 0 Å². The van der Waals surface area contributed by atoms with Crippen LogP contribution in [0.1, 0.15) is 12.0 Å². The summed E-state index contributed by atoms with van der Waals surface area (Å²) >= 11 is 0. The summed E-state index contributed by atoms with van der Waals surface area (Å²) in [5, 5.41) is 0. The van der Waals surface area contributed by atoms with Crippen LogP contribution >= 0.6 is 0 Å². The molecule has 126 valence electrons. The van der Waals surface area contributed by atoms with Crippen LogP contribution in [0.2, 0.25) is 0 Å². The third kappa shape index (κ3) is 4.55. The van der Waals surface area contributed by atoms with Crippen molar-refractivity contribution in [1.29, 1.82) is 0 Å². The van der Waals surface area contributed by atoms with Crippen molar-refractivity contribution in [3.05, 3.63) is 72.8 Å². The van der Waals surface area contributed by atoms with E-state index >= 15 is 0 Å². The zero-order valence-corrected chi connectivity index (χ0v) is 14.5. The van der Waals surface area contributed by atoms with Crippen LogP contribution in [0.25, 0.3) is 0 Å². The van der Waals surface area contributed by atoms with E-state index in [-0.39, 0.29) is 23.0 Å². The van der Waals surface area contributed by atoms with E-state index in [4.69, 9.17) is 0 Å². The molecular formula is C19H21NO3S. The topological polar surface area (TPSA) is 54.5 Å². The van der Waals surface area contributed by atoms with Gasteiger partial charge in [0.2, 0.25) is 5.91 Å². The molecule has 4 nitrogen and oxygen atoms in total. The lowest BCUT2D eigenvalue weighted by Gasteiger charge is -2.21. The van der Waals surface area contributed by atoms with Crippen molar-refractivity contribution in [3.63, 3.8) is 0 Å². The molecule has 2 aromatic carbocycles. The number of hydrogen-bond acceptors (Lipinski definition) is 3. The summed E-state index contributed by atoms with van der Waals surface area (Å²) in [5.74, 6) is -0.452. The van der Waals surface area contributed by atoms with Crippen LogP contribution in [0.15, 0.2) is 72.1 Å². The van der Waals surface area contributed by atoms with E-state index in [1.807, 2.05) is 37.3 Å². The number of hydrogen-bond donors (Lipinski definition) is 0. The molecular weight excluding hydrogens is 322 g/mol. The number of benzene rings is 2. The Balaban J connectivity index is 2.10. The summed E-state index contributed by atoms with van der Waals surface area (Å²) in [6.45, 7) is 5.90. The molecule has 0 saturated heterocycles. The van der Waals surface area contributed by atoms with Gasteiger partial charge in [0.05, 0.1) is 10.6 Å². The van der Waals surface area contributed by atoms with Gasteiger partial charge in [-0.1, -0.05) is 42.0 Å². The molecule has 24 heavy (non-hydrogen) atoms. The molecule has 0 bridgehead atoms. The monoisotopic (exact) mass is 343 g/mol. The van der Waals surface area contributed by atoms with Gasteiger partial charge in [0.15, 0.2) is 9.84 Å². The van der Waals surface area contributed by atoms with Gasteiger partial charge in [0, 0.05) is 18.7 Å². The molecule has 1 amide bonds. The minimum atomic E-state index is -3.48. The molecule has 0 heterocycles. The maximum atomic E-state index is 12.5. The Labute approximate surface area is 143 Å². The number of aryl methyl sites for hydroxylation is 1. The second kappa shape index (κ2) is 7.93. The maximum absolute atomic E-state index is 12.5. The summed E-state index contributed by atoms with van der Waals surface area (Å²) in [4.78, 5) is 14.3. The number of carbonyl (C=O) groups excluding carboxylic acids is 1. The van der Waals surface area contributed by atoms with E-state index in [1.165, 1.54) is 4.90 Å². The van der Waals surface area contributed by atoms with Crippen molar-refractivity contribution in [2.75, 3.05) is 17.2 Å². The second-order valence-electron chi connectivity index (χ2n) is 5.51. The van der Waals surface area contributed by atoms with Gasteiger partial charge in [-0.15, -0.1) is 6.58 Å². The molecule has 0 fully saturated rings. The quantitative estimate of drug-likeness (QED) is 0.724. The van der Waals surface area contributed by atoms with Crippen LogP contribution < -0.4 is 4.90 Å². The number of rotatable bonds is 7. The van der Waals surface area contributed by atoms with Crippen LogP contribution in [0.5, 0.6) is 0 Å². The zero-order chi connectivity index (χ0) is 17.6. The lowest BCUT2D eigenvalue weighted by atomic mass is 10.2. The van der Waals surface area contributed by atoms with E-state index in [1.54, 1.807) is 30.3 Å². The summed E-state index contributed by atoms with van der Waals surface area (Å²) in [6, 6.07) is 15.8. The molecule has 0 spiro atoms. The Morgan fingerprint density at radius 3 is 2.29 bits per heavy atom. The third-order valence-electron chi connectivity index (χ3n) is 3.65. The Morgan fingerprint density at radius 2 is 1.71 bits per heavy atom. The van der Waals surface area contributed by atoms with Crippen molar-refractivity contribution >= 4 is 21.4 Å². The molecule has 0 aliphatic heterocycles.